The first-order valence-corrected chi connectivity index (χ1v) is 7.25. The fourth-order valence-electron chi connectivity index (χ4n) is 1.90. The summed E-state index contributed by atoms with van der Waals surface area (Å²) >= 11 is 0. The quantitative estimate of drug-likeness (QED) is 0.777. The van der Waals surface area contributed by atoms with E-state index in [0.29, 0.717) is 17.1 Å². The van der Waals surface area contributed by atoms with E-state index in [1.165, 1.54) is 23.9 Å². The van der Waals surface area contributed by atoms with Gasteiger partial charge < -0.3 is 4.74 Å². The number of hydrogen-bond acceptors (Lipinski definition) is 4. The zero-order chi connectivity index (χ0) is 18.1. The van der Waals surface area contributed by atoms with Crippen LogP contribution in [0.15, 0.2) is 24.4 Å². The van der Waals surface area contributed by atoms with Crippen LogP contribution in [0, 0.1) is 12.3 Å². The van der Waals surface area contributed by atoms with Crippen LogP contribution in [-0.2, 0) is 0 Å². The SMILES string of the molecule is CC(=O)c1ccc(-n2ccc(OCC(C)(C)C(F)(F)F)n2)nc1C. The van der Waals surface area contributed by atoms with Gasteiger partial charge in [0.2, 0.25) is 5.88 Å². The van der Waals surface area contributed by atoms with Gasteiger partial charge in [-0.15, -0.1) is 5.10 Å². The molecule has 130 valence electrons. The second-order valence-corrected chi connectivity index (χ2v) is 6.13. The van der Waals surface area contributed by atoms with Gasteiger partial charge in [0, 0.05) is 17.8 Å². The molecule has 0 fully saturated rings. The average Bonchev–Trinajstić information content (AvgIpc) is 2.92. The van der Waals surface area contributed by atoms with Gasteiger partial charge in [-0.25, -0.2) is 9.67 Å². The van der Waals surface area contributed by atoms with Crippen molar-refractivity contribution in [3.8, 4) is 11.7 Å². The molecule has 0 aliphatic rings. The third kappa shape index (κ3) is 3.74. The molecule has 0 atom stereocenters. The van der Waals surface area contributed by atoms with Crippen molar-refractivity contribution in [2.24, 2.45) is 5.41 Å². The molecule has 2 aromatic rings. The Bertz CT molecular complexity index is 751. The molecule has 0 bridgehead atoms. The highest BCUT2D eigenvalue weighted by Crippen LogP contribution is 2.37. The number of ether oxygens (including phenoxy) is 1. The molecule has 0 aliphatic carbocycles. The first-order chi connectivity index (χ1) is 11.0. The second-order valence-electron chi connectivity index (χ2n) is 6.13. The number of Topliss-reactive ketones (excluding diaryl/α,β-unsaturated/α-hetero) is 1. The van der Waals surface area contributed by atoms with Crippen LogP contribution in [0.4, 0.5) is 13.2 Å². The molecule has 0 saturated heterocycles. The van der Waals surface area contributed by atoms with E-state index in [-0.39, 0.29) is 11.7 Å². The summed E-state index contributed by atoms with van der Waals surface area (Å²) in [6.45, 7) is 4.74. The highest BCUT2D eigenvalue weighted by atomic mass is 19.4. The van der Waals surface area contributed by atoms with E-state index in [4.69, 9.17) is 4.74 Å². The normalized spacial score (nSPS) is 12.3. The molecule has 0 spiro atoms. The molecule has 0 N–H and O–H groups in total. The van der Waals surface area contributed by atoms with Gasteiger partial charge in [-0.2, -0.15) is 13.2 Å². The summed E-state index contributed by atoms with van der Waals surface area (Å²) in [5.41, 5.74) is -0.917. The summed E-state index contributed by atoms with van der Waals surface area (Å²) in [5.74, 6) is 0.426. The third-order valence-electron chi connectivity index (χ3n) is 3.60. The summed E-state index contributed by atoms with van der Waals surface area (Å²) in [5, 5.41) is 4.06. The van der Waals surface area contributed by atoms with Crippen molar-refractivity contribution < 1.29 is 22.7 Å². The Balaban J connectivity index is 2.14. The summed E-state index contributed by atoms with van der Waals surface area (Å²) in [6, 6.07) is 4.71. The molecule has 2 heterocycles. The van der Waals surface area contributed by atoms with Crippen molar-refractivity contribution >= 4 is 5.78 Å². The van der Waals surface area contributed by atoms with E-state index in [1.54, 1.807) is 19.1 Å². The fraction of sp³-hybridized carbons (Fsp3) is 0.438. The first kappa shape index (κ1) is 18.0. The molecule has 0 radical (unpaired) electrons. The number of alkyl halides is 3. The van der Waals surface area contributed by atoms with Crippen molar-refractivity contribution in [1.82, 2.24) is 14.8 Å². The molecule has 24 heavy (non-hydrogen) atoms. The standard InChI is InChI=1S/C16H18F3N3O2/c1-10-12(11(2)23)5-6-13(20-10)22-8-7-14(21-22)24-9-15(3,4)16(17,18)19/h5-8H,9H2,1-4H3. The lowest BCUT2D eigenvalue weighted by Crippen LogP contribution is -2.37. The van der Waals surface area contributed by atoms with E-state index in [0.717, 1.165) is 13.8 Å². The minimum atomic E-state index is -4.36. The number of carbonyl (C=O) groups excluding carboxylic acids is 1. The number of aryl methyl sites for hydroxylation is 1. The Morgan fingerprint density at radius 3 is 2.46 bits per heavy atom. The molecule has 0 saturated carbocycles. The summed E-state index contributed by atoms with van der Waals surface area (Å²) in [7, 11) is 0. The number of carbonyl (C=O) groups is 1. The Morgan fingerprint density at radius 2 is 1.92 bits per heavy atom. The maximum atomic E-state index is 12.8. The smallest absolute Gasteiger partial charge is 0.397 e. The number of pyridine rings is 1. The monoisotopic (exact) mass is 341 g/mol. The van der Waals surface area contributed by atoms with Crippen LogP contribution in [0.1, 0.15) is 36.8 Å². The predicted molar refractivity (Wildman–Crippen MR) is 81.4 cm³/mol. The van der Waals surface area contributed by atoms with Crippen molar-refractivity contribution in [3.05, 3.63) is 35.7 Å². The summed E-state index contributed by atoms with van der Waals surface area (Å²) in [6.07, 6.45) is -2.83. The zero-order valence-electron chi connectivity index (χ0n) is 13.8. The van der Waals surface area contributed by atoms with Crippen LogP contribution >= 0.6 is 0 Å². The molecule has 8 heteroatoms. The molecule has 5 nitrogen and oxygen atoms in total. The topological polar surface area (TPSA) is 57.0 Å². The predicted octanol–water partition coefficient (Wildman–Crippen LogP) is 3.75. The van der Waals surface area contributed by atoms with E-state index < -0.39 is 18.2 Å². The zero-order valence-corrected chi connectivity index (χ0v) is 13.8. The highest BCUT2D eigenvalue weighted by Gasteiger charge is 2.48. The van der Waals surface area contributed by atoms with Crippen molar-refractivity contribution in [2.75, 3.05) is 6.61 Å². The van der Waals surface area contributed by atoms with Gasteiger partial charge in [-0.1, -0.05) is 0 Å². The summed E-state index contributed by atoms with van der Waals surface area (Å²) < 4.78 is 45.0. The summed E-state index contributed by atoms with van der Waals surface area (Å²) in [4.78, 5) is 15.7. The van der Waals surface area contributed by atoms with Gasteiger partial charge in [0.1, 0.15) is 6.61 Å². The van der Waals surface area contributed by atoms with Crippen molar-refractivity contribution in [1.29, 1.82) is 0 Å². The van der Waals surface area contributed by atoms with Crippen molar-refractivity contribution in [3.63, 3.8) is 0 Å². The van der Waals surface area contributed by atoms with Crippen molar-refractivity contribution in [2.45, 2.75) is 33.9 Å². The number of ketones is 1. The minimum Gasteiger partial charge on any atom is -0.476 e. The number of aromatic nitrogens is 3. The molecule has 2 aromatic heterocycles. The Morgan fingerprint density at radius 1 is 1.25 bits per heavy atom. The molecule has 0 amide bonds. The first-order valence-electron chi connectivity index (χ1n) is 7.25. The lowest BCUT2D eigenvalue weighted by atomic mass is 9.94. The number of halogens is 3. The van der Waals surface area contributed by atoms with Gasteiger partial charge in [-0.3, -0.25) is 4.79 Å². The third-order valence-corrected chi connectivity index (χ3v) is 3.60. The Labute approximate surface area is 137 Å². The Kier molecular flexibility index (Phi) is 4.68. The molecule has 0 aliphatic heterocycles. The molecular weight excluding hydrogens is 323 g/mol. The molecule has 0 unspecified atom stereocenters. The van der Waals surface area contributed by atoms with Gasteiger partial charge in [0.15, 0.2) is 11.6 Å². The van der Waals surface area contributed by atoms with Crippen LogP contribution in [0.25, 0.3) is 5.82 Å². The lowest BCUT2D eigenvalue weighted by molar-refractivity contribution is -0.219. The highest BCUT2D eigenvalue weighted by molar-refractivity contribution is 5.95. The maximum absolute atomic E-state index is 12.8. The van der Waals surface area contributed by atoms with E-state index in [2.05, 4.69) is 10.1 Å². The maximum Gasteiger partial charge on any atom is 0.397 e. The minimum absolute atomic E-state index is 0.0717. The lowest BCUT2D eigenvalue weighted by Gasteiger charge is -2.26. The number of nitrogens with zero attached hydrogens (tertiary/aromatic N) is 3. The van der Waals surface area contributed by atoms with E-state index in [9.17, 15) is 18.0 Å². The van der Waals surface area contributed by atoms with Gasteiger partial charge >= 0.3 is 6.18 Å². The van der Waals surface area contributed by atoms with Gasteiger partial charge in [0.05, 0.1) is 11.1 Å². The van der Waals surface area contributed by atoms with E-state index in [1.807, 2.05) is 0 Å². The average molecular weight is 341 g/mol. The van der Waals surface area contributed by atoms with Crippen LogP contribution in [0.3, 0.4) is 0 Å². The van der Waals surface area contributed by atoms with E-state index >= 15 is 0 Å². The second kappa shape index (κ2) is 6.26. The van der Waals surface area contributed by atoms with Crippen LogP contribution in [0.5, 0.6) is 5.88 Å². The molecule has 0 aromatic carbocycles. The fourth-order valence-corrected chi connectivity index (χ4v) is 1.90. The molecular formula is C16H18F3N3O2. The van der Waals surface area contributed by atoms with Crippen LogP contribution in [0.2, 0.25) is 0 Å². The van der Waals surface area contributed by atoms with Gasteiger partial charge in [-0.05, 0) is 39.8 Å². The Hall–Kier alpha value is -2.38. The van der Waals surface area contributed by atoms with Crippen LogP contribution < -0.4 is 4.74 Å². The number of rotatable bonds is 5. The van der Waals surface area contributed by atoms with Crippen LogP contribution in [-0.4, -0.2) is 33.3 Å². The molecule has 2 rings (SSSR count). The largest absolute Gasteiger partial charge is 0.476 e. The number of hydrogen-bond donors (Lipinski definition) is 0. The van der Waals surface area contributed by atoms with Gasteiger partial charge in [0.25, 0.3) is 0 Å².